The molecule has 0 spiro atoms. The molecule has 8 nitrogen and oxygen atoms in total. The number of imidazole rings is 1. The third kappa shape index (κ3) is 2.21. The summed E-state index contributed by atoms with van der Waals surface area (Å²) in [4.78, 5) is 30.0. The number of amides is 2. The molecule has 1 aliphatic carbocycles. The highest BCUT2D eigenvalue weighted by molar-refractivity contribution is 5.94. The first-order chi connectivity index (χ1) is 11.1. The van der Waals surface area contributed by atoms with Gasteiger partial charge in [0, 0.05) is 25.1 Å². The van der Waals surface area contributed by atoms with Gasteiger partial charge in [-0.1, -0.05) is 5.16 Å². The summed E-state index contributed by atoms with van der Waals surface area (Å²) in [7, 11) is 0. The van der Waals surface area contributed by atoms with Gasteiger partial charge in [-0.25, -0.2) is 4.98 Å². The zero-order valence-electron chi connectivity index (χ0n) is 12.6. The van der Waals surface area contributed by atoms with Crippen molar-refractivity contribution < 1.29 is 14.1 Å². The van der Waals surface area contributed by atoms with Crippen LogP contribution in [0, 0.1) is 0 Å². The van der Waals surface area contributed by atoms with Crippen LogP contribution in [0.15, 0.2) is 10.7 Å². The maximum atomic E-state index is 12.8. The second-order valence-corrected chi connectivity index (χ2v) is 5.94. The van der Waals surface area contributed by atoms with Gasteiger partial charge in [-0.05, 0) is 19.3 Å². The lowest BCUT2D eigenvalue weighted by Gasteiger charge is -2.28. The summed E-state index contributed by atoms with van der Waals surface area (Å²) in [6.07, 6.45) is 5.29. The average molecular weight is 315 g/mol. The topological polar surface area (TPSA) is 107 Å². The van der Waals surface area contributed by atoms with Crippen LogP contribution in [0.1, 0.15) is 51.0 Å². The van der Waals surface area contributed by atoms with Crippen LogP contribution in [0.25, 0.3) is 0 Å². The van der Waals surface area contributed by atoms with Crippen LogP contribution in [0.5, 0.6) is 0 Å². The molecule has 2 aliphatic rings. The van der Waals surface area contributed by atoms with Crippen molar-refractivity contribution in [2.75, 3.05) is 6.54 Å². The van der Waals surface area contributed by atoms with E-state index >= 15 is 0 Å². The van der Waals surface area contributed by atoms with Crippen molar-refractivity contribution in [3.63, 3.8) is 0 Å². The van der Waals surface area contributed by atoms with Gasteiger partial charge in [0.05, 0.1) is 12.7 Å². The van der Waals surface area contributed by atoms with Crippen molar-refractivity contribution in [3.05, 3.63) is 34.7 Å². The molecule has 8 heteroatoms. The minimum Gasteiger partial charge on any atom is -0.364 e. The number of rotatable bonds is 2. The molecule has 2 aromatic rings. The van der Waals surface area contributed by atoms with Crippen molar-refractivity contribution in [1.82, 2.24) is 19.6 Å². The minimum absolute atomic E-state index is 0.133. The van der Waals surface area contributed by atoms with Gasteiger partial charge in [0.1, 0.15) is 17.3 Å². The Morgan fingerprint density at radius 1 is 1.22 bits per heavy atom. The highest BCUT2D eigenvalue weighted by Crippen LogP contribution is 2.26. The highest BCUT2D eigenvalue weighted by atomic mass is 16.5. The largest absolute Gasteiger partial charge is 0.364 e. The van der Waals surface area contributed by atoms with Crippen molar-refractivity contribution in [1.29, 1.82) is 0 Å². The van der Waals surface area contributed by atoms with Gasteiger partial charge >= 0.3 is 0 Å². The Morgan fingerprint density at radius 2 is 2.04 bits per heavy atom. The Labute approximate surface area is 132 Å². The summed E-state index contributed by atoms with van der Waals surface area (Å²) in [5.74, 6) is 0.866. The summed E-state index contributed by atoms with van der Waals surface area (Å²) in [5.41, 5.74) is 7.09. The predicted molar refractivity (Wildman–Crippen MR) is 78.6 cm³/mol. The molecule has 0 radical (unpaired) electrons. The number of primary amides is 1. The molecule has 0 bridgehead atoms. The molecule has 0 unspecified atom stereocenters. The van der Waals surface area contributed by atoms with Gasteiger partial charge < -0.3 is 19.7 Å². The third-order valence-corrected chi connectivity index (χ3v) is 4.56. The second kappa shape index (κ2) is 5.22. The Kier molecular flexibility index (Phi) is 3.17. The fourth-order valence-corrected chi connectivity index (χ4v) is 3.33. The first-order valence-electron chi connectivity index (χ1n) is 7.76. The van der Waals surface area contributed by atoms with Gasteiger partial charge in [0.25, 0.3) is 11.8 Å². The van der Waals surface area contributed by atoms with E-state index in [2.05, 4.69) is 10.1 Å². The monoisotopic (exact) mass is 315 g/mol. The standard InChI is InChI=1S/C15H17N5O3/c16-14(21)10-7-17-12-8-19(5-6-20(10)12)15(22)13-9-3-1-2-4-11(9)23-18-13/h7H,1-6,8H2,(H2,16,21). The number of fused-ring (bicyclic) bond motifs is 2. The van der Waals surface area contributed by atoms with Gasteiger partial charge in [-0.2, -0.15) is 0 Å². The van der Waals surface area contributed by atoms with Crippen molar-refractivity contribution in [2.45, 2.75) is 38.8 Å². The molecule has 23 heavy (non-hydrogen) atoms. The lowest BCUT2D eigenvalue weighted by atomic mass is 9.96. The van der Waals surface area contributed by atoms with Crippen LogP contribution in [0.2, 0.25) is 0 Å². The number of aromatic nitrogens is 3. The molecule has 0 fully saturated rings. The third-order valence-electron chi connectivity index (χ3n) is 4.56. The molecule has 4 rings (SSSR count). The van der Waals surface area contributed by atoms with Gasteiger partial charge in [0.15, 0.2) is 5.69 Å². The van der Waals surface area contributed by atoms with Crippen molar-refractivity contribution in [3.8, 4) is 0 Å². The van der Waals surface area contributed by atoms with Gasteiger partial charge in [-0.3, -0.25) is 9.59 Å². The lowest BCUT2D eigenvalue weighted by molar-refractivity contribution is 0.0695. The van der Waals surface area contributed by atoms with E-state index in [1.807, 2.05) is 0 Å². The summed E-state index contributed by atoms with van der Waals surface area (Å²) < 4.78 is 7.09. The van der Waals surface area contributed by atoms with Crippen LogP contribution >= 0.6 is 0 Å². The number of hydrogen-bond donors (Lipinski definition) is 1. The van der Waals surface area contributed by atoms with Crippen LogP contribution in [0.3, 0.4) is 0 Å². The number of nitrogens with zero attached hydrogens (tertiary/aromatic N) is 4. The molecule has 0 saturated carbocycles. The lowest BCUT2D eigenvalue weighted by Crippen LogP contribution is -2.40. The first-order valence-corrected chi connectivity index (χ1v) is 7.76. The van der Waals surface area contributed by atoms with E-state index < -0.39 is 5.91 Å². The van der Waals surface area contributed by atoms with E-state index in [9.17, 15) is 9.59 Å². The molecule has 0 atom stereocenters. The van der Waals surface area contributed by atoms with E-state index in [1.165, 1.54) is 6.20 Å². The minimum atomic E-state index is -0.505. The summed E-state index contributed by atoms with van der Waals surface area (Å²) in [6, 6.07) is 0. The number of nitrogens with two attached hydrogens (primary N) is 1. The van der Waals surface area contributed by atoms with Crippen molar-refractivity contribution in [2.24, 2.45) is 5.73 Å². The smallest absolute Gasteiger partial charge is 0.276 e. The first kappa shape index (κ1) is 14.0. The Morgan fingerprint density at radius 3 is 2.87 bits per heavy atom. The van der Waals surface area contributed by atoms with E-state index in [4.69, 9.17) is 10.3 Å². The molecule has 3 heterocycles. The molecule has 1 aliphatic heterocycles. The van der Waals surface area contributed by atoms with E-state index in [-0.39, 0.29) is 5.91 Å². The SMILES string of the molecule is NC(=O)c1cnc2n1CCN(C(=O)c1noc3c1CCCC3)C2. The number of aryl methyl sites for hydroxylation is 1. The summed E-state index contributed by atoms with van der Waals surface area (Å²) >= 11 is 0. The fourth-order valence-electron chi connectivity index (χ4n) is 3.33. The Balaban J connectivity index is 1.59. The molecule has 2 N–H and O–H groups in total. The maximum Gasteiger partial charge on any atom is 0.276 e. The Hall–Kier alpha value is -2.64. The normalized spacial score (nSPS) is 16.8. The zero-order valence-corrected chi connectivity index (χ0v) is 12.6. The molecule has 2 amide bonds. The molecule has 120 valence electrons. The molecular formula is C15H17N5O3. The molecular weight excluding hydrogens is 298 g/mol. The van der Waals surface area contributed by atoms with Crippen LogP contribution in [-0.2, 0) is 25.9 Å². The van der Waals surface area contributed by atoms with Crippen molar-refractivity contribution >= 4 is 11.8 Å². The zero-order chi connectivity index (χ0) is 16.0. The van der Waals surface area contributed by atoms with Crippen LogP contribution in [0.4, 0.5) is 0 Å². The summed E-state index contributed by atoms with van der Waals surface area (Å²) in [5, 5.41) is 3.99. The fraction of sp³-hybridized carbons (Fsp3) is 0.467. The molecule has 2 aromatic heterocycles. The number of carbonyl (C=O) groups is 2. The molecule has 0 aromatic carbocycles. The maximum absolute atomic E-state index is 12.8. The van der Waals surface area contributed by atoms with Gasteiger partial charge in [0.2, 0.25) is 0 Å². The van der Waals surface area contributed by atoms with Crippen LogP contribution < -0.4 is 5.73 Å². The Bertz CT molecular complexity index is 791. The number of carbonyl (C=O) groups excluding carboxylic acids is 2. The summed E-state index contributed by atoms with van der Waals surface area (Å²) in [6.45, 7) is 1.33. The average Bonchev–Trinajstić information content (AvgIpc) is 3.17. The van der Waals surface area contributed by atoms with E-state index in [0.717, 1.165) is 37.0 Å². The quantitative estimate of drug-likeness (QED) is 0.868. The molecule has 0 saturated heterocycles. The van der Waals surface area contributed by atoms with E-state index in [1.54, 1.807) is 9.47 Å². The predicted octanol–water partition coefficient (Wildman–Crippen LogP) is 0.505. The van der Waals surface area contributed by atoms with Crippen LogP contribution in [-0.4, -0.2) is 38.0 Å². The number of hydrogen-bond acceptors (Lipinski definition) is 5. The van der Waals surface area contributed by atoms with E-state index in [0.29, 0.717) is 36.8 Å². The second-order valence-electron chi connectivity index (χ2n) is 5.94. The van der Waals surface area contributed by atoms with Gasteiger partial charge in [-0.15, -0.1) is 0 Å². The highest BCUT2D eigenvalue weighted by Gasteiger charge is 2.30.